The van der Waals surface area contributed by atoms with Crippen LogP contribution in [0.25, 0.3) is 0 Å². The van der Waals surface area contributed by atoms with E-state index in [-0.39, 0.29) is 0 Å². The van der Waals surface area contributed by atoms with Crippen LogP contribution in [-0.4, -0.2) is 0 Å². The Morgan fingerprint density at radius 2 is 2.18 bits per heavy atom. The minimum absolute atomic E-state index is 0.883. The molecule has 0 bridgehead atoms. The summed E-state index contributed by atoms with van der Waals surface area (Å²) in [6, 6.07) is 0. The molecule has 2 unspecified atom stereocenters. The van der Waals surface area contributed by atoms with Crippen molar-refractivity contribution in [1.29, 1.82) is 0 Å². The van der Waals surface area contributed by atoms with E-state index in [1.807, 2.05) is 0 Å². The van der Waals surface area contributed by atoms with Crippen LogP contribution in [-0.2, 0) is 0 Å². The largest absolute Gasteiger partial charge is 0.0882 e. The van der Waals surface area contributed by atoms with E-state index in [4.69, 9.17) is 0 Å². The van der Waals surface area contributed by atoms with Gasteiger partial charge in [0.25, 0.3) is 0 Å². The summed E-state index contributed by atoms with van der Waals surface area (Å²) >= 11 is 0. The maximum Gasteiger partial charge on any atom is -0.0140 e. The Labute approximate surface area is 69.0 Å². The van der Waals surface area contributed by atoms with E-state index in [1.165, 1.54) is 25.7 Å². The predicted octanol–water partition coefficient (Wildman–Crippen LogP) is 3.31. The lowest BCUT2D eigenvalue weighted by Crippen LogP contribution is -2.08. The Kier molecular flexibility index (Phi) is 1.85. The molecule has 0 saturated heterocycles. The molecule has 0 saturated carbocycles. The molecule has 0 aromatic heterocycles. The molecule has 0 amide bonds. The van der Waals surface area contributed by atoms with Crippen LogP contribution in [0.15, 0.2) is 23.8 Å². The number of hydrogen-bond donors (Lipinski definition) is 0. The molecule has 0 heterocycles. The molecule has 0 heteroatoms. The fourth-order valence-corrected chi connectivity index (χ4v) is 2.41. The summed E-state index contributed by atoms with van der Waals surface area (Å²) in [6.07, 6.45) is 12.6. The van der Waals surface area contributed by atoms with E-state index in [0.29, 0.717) is 0 Å². The predicted molar refractivity (Wildman–Crippen MR) is 48.3 cm³/mol. The molecule has 0 aromatic rings. The van der Waals surface area contributed by atoms with Crippen molar-refractivity contribution in [3.05, 3.63) is 23.8 Å². The van der Waals surface area contributed by atoms with Crippen LogP contribution < -0.4 is 0 Å². The van der Waals surface area contributed by atoms with Gasteiger partial charge in [-0.2, -0.15) is 0 Å². The average Bonchev–Trinajstić information content (AvgIpc) is 2.55. The highest BCUT2D eigenvalue weighted by molar-refractivity contribution is 5.15. The normalized spacial score (nSPS) is 36.3. The zero-order valence-electron chi connectivity index (χ0n) is 7.22. The SMILES string of the molecule is CC1=CCCC1C1C=CCC1. The van der Waals surface area contributed by atoms with Crippen LogP contribution >= 0.6 is 0 Å². The molecular formula is C11H16. The maximum absolute atomic E-state index is 2.42. The van der Waals surface area contributed by atoms with Gasteiger partial charge in [-0.05, 0) is 44.4 Å². The lowest BCUT2D eigenvalue weighted by molar-refractivity contribution is 0.442. The molecule has 0 aliphatic heterocycles. The second-order valence-electron chi connectivity index (χ2n) is 3.80. The van der Waals surface area contributed by atoms with Crippen molar-refractivity contribution in [1.82, 2.24) is 0 Å². The molecular weight excluding hydrogens is 132 g/mol. The van der Waals surface area contributed by atoms with Crippen molar-refractivity contribution in [3.8, 4) is 0 Å². The van der Waals surface area contributed by atoms with Crippen molar-refractivity contribution >= 4 is 0 Å². The molecule has 2 aliphatic rings. The van der Waals surface area contributed by atoms with Gasteiger partial charge in [0.1, 0.15) is 0 Å². The molecule has 60 valence electrons. The van der Waals surface area contributed by atoms with Crippen molar-refractivity contribution < 1.29 is 0 Å². The Hall–Kier alpha value is -0.520. The fraction of sp³-hybridized carbons (Fsp3) is 0.636. The molecule has 0 fully saturated rings. The third-order valence-electron chi connectivity index (χ3n) is 3.10. The topological polar surface area (TPSA) is 0 Å². The molecule has 0 N–H and O–H groups in total. The highest BCUT2D eigenvalue weighted by Gasteiger charge is 2.24. The minimum atomic E-state index is 0.883. The van der Waals surface area contributed by atoms with Crippen molar-refractivity contribution in [2.75, 3.05) is 0 Å². The second-order valence-corrected chi connectivity index (χ2v) is 3.80. The third-order valence-corrected chi connectivity index (χ3v) is 3.10. The fourth-order valence-electron chi connectivity index (χ4n) is 2.41. The number of hydrogen-bond acceptors (Lipinski definition) is 0. The van der Waals surface area contributed by atoms with Gasteiger partial charge < -0.3 is 0 Å². The van der Waals surface area contributed by atoms with Gasteiger partial charge in [0, 0.05) is 0 Å². The molecule has 2 atom stereocenters. The van der Waals surface area contributed by atoms with Gasteiger partial charge in [0.15, 0.2) is 0 Å². The van der Waals surface area contributed by atoms with Crippen LogP contribution in [0, 0.1) is 11.8 Å². The first-order chi connectivity index (χ1) is 5.38. The molecule has 2 aliphatic carbocycles. The summed E-state index contributed by atoms with van der Waals surface area (Å²) in [4.78, 5) is 0. The maximum atomic E-state index is 2.42. The van der Waals surface area contributed by atoms with Gasteiger partial charge in [-0.1, -0.05) is 23.8 Å². The second kappa shape index (κ2) is 2.84. The average molecular weight is 148 g/mol. The van der Waals surface area contributed by atoms with Gasteiger partial charge in [-0.25, -0.2) is 0 Å². The lowest BCUT2D eigenvalue weighted by Gasteiger charge is -2.17. The number of rotatable bonds is 1. The molecule has 2 rings (SSSR count). The first-order valence-electron chi connectivity index (χ1n) is 4.71. The van der Waals surface area contributed by atoms with Crippen molar-refractivity contribution in [2.24, 2.45) is 11.8 Å². The van der Waals surface area contributed by atoms with E-state index in [0.717, 1.165) is 11.8 Å². The lowest BCUT2D eigenvalue weighted by atomic mass is 9.87. The van der Waals surface area contributed by atoms with Crippen LogP contribution in [0.1, 0.15) is 32.6 Å². The van der Waals surface area contributed by atoms with Crippen LogP contribution in [0.3, 0.4) is 0 Å². The summed E-state index contributed by atoms with van der Waals surface area (Å²) in [5, 5.41) is 0. The standard InChI is InChI=1S/C11H16/c1-9-5-4-8-11(9)10-6-2-3-7-10/h2,5-6,10-11H,3-4,7-8H2,1H3. The van der Waals surface area contributed by atoms with E-state index in [9.17, 15) is 0 Å². The van der Waals surface area contributed by atoms with Gasteiger partial charge in [0.2, 0.25) is 0 Å². The first kappa shape index (κ1) is 7.15. The Bertz CT molecular complexity index is 198. The van der Waals surface area contributed by atoms with Gasteiger partial charge in [-0.15, -0.1) is 0 Å². The Morgan fingerprint density at radius 1 is 1.27 bits per heavy atom. The molecule has 0 spiro atoms. The van der Waals surface area contributed by atoms with Crippen LogP contribution in [0.5, 0.6) is 0 Å². The molecule has 11 heavy (non-hydrogen) atoms. The Balaban J connectivity index is 2.04. The minimum Gasteiger partial charge on any atom is -0.0882 e. The van der Waals surface area contributed by atoms with E-state index in [1.54, 1.807) is 5.57 Å². The van der Waals surface area contributed by atoms with Crippen molar-refractivity contribution in [2.45, 2.75) is 32.6 Å². The first-order valence-corrected chi connectivity index (χ1v) is 4.71. The van der Waals surface area contributed by atoms with Crippen molar-refractivity contribution in [3.63, 3.8) is 0 Å². The quantitative estimate of drug-likeness (QED) is 0.500. The monoisotopic (exact) mass is 148 g/mol. The zero-order valence-corrected chi connectivity index (χ0v) is 7.22. The Morgan fingerprint density at radius 3 is 2.73 bits per heavy atom. The molecule has 0 nitrogen and oxygen atoms in total. The van der Waals surface area contributed by atoms with Gasteiger partial charge >= 0.3 is 0 Å². The molecule has 0 aromatic carbocycles. The summed E-state index contributed by atoms with van der Waals surface area (Å²) in [5.74, 6) is 1.78. The van der Waals surface area contributed by atoms with Gasteiger partial charge in [0.05, 0.1) is 0 Å². The summed E-state index contributed by atoms with van der Waals surface area (Å²) < 4.78 is 0. The summed E-state index contributed by atoms with van der Waals surface area (Å²) in [6.45, 7) is 2.30. The smallest absolute Gasteiger partial charge is 0.0140 e. The number of allylic oxidation sites excluding steroid dienone is 4. The summed E-state index contributed by atoms with van der Waals surface area (Å²) in [5.41, 5.74) is 1.64. The third kappa shape index (κ3) is 1.26. The molecule has 0 radical (unpaired) electrons. The van der Waals surface area contributed by atoms with E-state index < -0.39 is 0 Å². The highest BCUT2D eigenvalue weighted by atomic mass is 14.3. The zero-order chi connectivity index (χ0) is 7.68. The van der Waals surface area contributed by atoms with Crippen LogP contribution in [0.2, 0.25) is 0 Å². The van der Waals surface area contributed by atoms with Gasteiger partial charge in [-0.3, -0.25) is 0 Å². The summed E-state index contributed by atoms with van der Waals surface area (Å²) in [7, 11) is 0. The van der Waals surface area contributed by atoms with Crippen LogP contribution in [0.4, 0.5) is 0 Å². The van der Waals surface area contributed by atoms with E-state index in [2.05, 4.69) is 25.2 Å². The highest BCUT2D eigenvalue weighted by Crippen LogP contribution is 2.37. The van der Waals surface area contributed by atoms with E-state index >= 15 is 0 Å².